The van der Waals surface area contributed by atoms with Gasteiger partial charge in [-0.3, -0.25) is 0 Å². The number of sulfonamides is 2. The fourth-order valence-electron chi connectivity index (χ4n) is 2.18. The maximum atomic E-state index is 12.4. The van der Waals surface area contributed by atoms with E-state index in [-0.39, 0.29) is 23.9 Å². The van der Waals surface area contributed by atoms with Crippen LogP contribution in [0.1, 0.15) is 25.0 Å². The zero-order chi connectivity index (χ0) is 17.8. The molecule has 0 saturated carbocycles. The SMILES string of the molecule is Cc1ccc(C)c(S(=O)(=O)NCCN(CC(C)C)S(C)(=O)=O)c1. The number of nitrogens with zero attached hydrogens (tertiary/aromatic N) is 1. The van der Waals surface area contributed by atoms with Gasteiger partial charge in [-0.15, -0.1) is 0 Å². The molecule has 0 atom stereocenters. The molecule has 0 amide bonds. The van der Waals surface area contributed by atoms with Gasteiger partial charge in [0.05, 0.1) is 11.2 Å². The molecule has 0 radical (unpaired) electrons. The topological polar surface area (TPSA) is 83.6 Å². The zero-order valence-corrected chi connectivity index (χ0v) is 16.0. The fourth-order valence-corrected chi connectivity index (χ4v) is 4.52. The second kappa shape index (κ2) is 7.74. The average molecular weight is 363 g/mol. The summed E-state index contributed by atoms with van der Waals surface area (Å²) in [5.41, 5.74) is 1.51. The molecule has 0 heterocycles. The summed E-state index contributed by atoms with van der Waals surface area (Å²) in [5, 5.41) is 0. The van der Waals surface area contributed by atoms with Crippen LogP contribution in [0.5, 0.6) is 0 Å². The Balaban J connectivity index is 2.81. The van der Waals surface area contributed by atoms with Crippen molar-refractivity contribution >= 4 is 20.0 Å². The first-order valence-electron chi connectivity index (χ1n) is 7.45. The lowest BCUT2D eigenvalue weighted by atomic mass is 10.2. The molecule has 8 heteroatoms. The lowest BCUT2D eigenvalue weighted by Crippen LogP contribution is -2.40. The third-order valence-electron chi connectivity index (χ3n) is 3.32. The molecule has 1 aromatic rings. The summed E-state index contributed by atoms with van der Waals surface area (Å²) in [6.07, 6.45) is 1.13. The van der Waals surface area contributed by atoms with Gasteiger partial charge >= 0.3 is 0 Å². The van der Waals surface area contributed by atoms with Gasteiger partial charge in [0.15, 0.2) is 0 Å². The smallest absolute Gasteiger partial charge is 0.213 e. The van der Waals surface area contributed by atoms with E-state index >= 15 is 0 Å². The molecule has 0 aliphatic rings. The minimum atomic E-state index is -3.65. The Hall–Kier alpha value is -0.960. The normalized spacial score (nSPS) is 13.0. The van der Waals surface area contributed by atoms with E-state index in [2.05, 4.69) is 4.72 Å². The number of hydrogen-bond acceptors (Lipinski definition) is 4. The third kappa shape index (κ3) is 6.21. The molecular weight excluding hydrogens is 336 g/mol. The first-order valence-corrected chi connectivity index (χ1v) is 10.8. The standard InChI is InChI=1S/C15H26N2O4S2/c1-12(2)11-17(22(5,18)19)9-8-16-23(20,21)15-10-13(3)6-7-14(15)4/h6-7,10,12,16H,8-9,11H2,1-5H3. The molecular formula is C15H26N2O4S2. The van der Waals surface area contributed by atoms with Crippen LogP contribution in [0.2, 0.25) is 0 Å². The molecule has 0 aliphatic carbocycles. The summed E-state index contributed by atoms with van der Waals surface area (Å²) in [7, 11) is -7.01. The van der Waals surface area contributed by atoms with Crippen molar-refractivity contribution in [2.75, 3.05) is 25.9 Å². The highest BCUT2D eigenvalue weighted by atomic mass is 32.2. The predicted octanol–water partition coefficient (Wildman–Crippen LogP) is 1.50. The van der Waals surface area contributed by atoms with E-state index < -0.39 is 20.0 Å². The van der Waals surface area contributed by atoms with Crippen LogP contribution in [0, 0.1) is 19.8 Å². The van der Waals surface area contributed by atoms with Crippen LogP contribution in [0.15, 0.2) is 23.1 Å². The fraction of sp³-hybridized carbons (Fsp3) is 0.600. The Kier molecular flexibility index (Phi) is 6.76. The monoisotopic (exact) mass is 362 g/mol. The van der Waals surface area contributed by atoms with Gasteiger partial charge < -0.3 is 0 Å². The van der Waals surface area contributed by atoms with Crippen LogP contribution < -0.4 is 4.72 Å². The molecule has 0 fully saturated rings. The molecule has 0 aromatic heterocycles. The Labute approximate surface area is 140 Å². The molecule has 0 bridgehead atoms. The Morgan fingerprint density at radius 1 is 1.13 bits per heavy atom. The minimum absolute atomic E-state index is 0.0372. The lowest BCUT2D eigenvalue weighted by Gasteiger charge is -2.22. The Morgan fingerprint density at radius 3 is 2.26 bits per heavy atom. The summed E-state index contributed by atoms with van der Waals surface area (Å²) < 4.78 is 52.0. The number of nitrogens with one attached hydrogen (secondary N) is 1. The van der Waals surface area contributed by atoms with Gasteiger partial charge in [0.2, 0.25) is 20.0 Å². The largest absolute Gasteiger partial charge is 0.240 e. The summed E-state index contributed by atoms with van der Waals surface area (Å²) >= 11 is 0. The maximum Gasteiger partial charge on any atom is 0.240 e. The van der Waals surface area contributed by atoms with Gasteiger partial charge in [0.25, 0.3) is 0 Å². The summed E-state index contributed by atoms with van der Waals surface area (Å²) in [4.78, 5) is 0.229. The predicted molar refractivity (Wildman–Crippen MR) is 92.4 cm³/mol. The van der Waals surface area contributed by atoms with E-state index in [1.165, 1.54) is 4.31 Å². The van der Waals surface area contributed by atoms with Gasteiger partial charge in [-0.25, -0.2) is 25.9 Å². The van der Waals surface area contributed by atoms with Crippen LogP contribution in [0.25, 0.3) is 0 Å². The molecule has 6 nitrogen and oxygen atoms in total. The first kappa shape index (κ1) is 20.1. The van der Waals surface area contributed by atoms with E-state index in [0.717, 1.165) is 11.8 Å². The van der Waals surface area contributed by atoms with Crippen molar-refractivity contribution in [3.8, 4) is 0 Å². The molecule has 1 rings (SSSR count). The van der Waals surface area contributed by atoms with Gasteiger partial charge in [-0.05, 0) is 37.0 Å². The molecule has 132 valence electrons. The van der Waals surface area contributed by atoms with Crippen molar-refractivity contribution < 1.29 is 16.8 Å². The van der Waals surface area contributed by atoms with Gasteiger partial charge in [0.1, 0.15) is 0 Å². The minimum Gasteiger partial charge on any atom is -0.213 e. The van der Waals surface area contributed by atoms with Crippen molar-refractivity contribution in [2.45, 2.75) is 32.6 Å². The summed E-state index contributed by atoms with van der Waals surface area (Å²) in [6.45, 7) is 7.90. The quantitative estimate of drug-likeness (QED) is 0.760. The van der Waals surface area contributed by atoms with Crippen molar-refractivity contribution in [3.63, 3.8) is 0 Å². The van der Waals surface area contributed by atoms with Gasteiger partial charge in [-0.2, -0.15) is 0 Å². The number of aryl methyl sites for hydroxylation is 2. The summed E-state index contributed by atoms with van der Waals surface area (Å²) in [6, 6.07) is 5.22. The molecule has 0 saturated heterocycles. The molecule has 0 unspecified atom stereocenters. The number of hydrogen-bond donors (Lipinski definition) is 1. The van der Waals surface area contributed by atoms with Crippen LogP contribution in [0.4, 0.5) is 0 Å². The van der Waals surface area contributed by atoms with E-state index in [0.29, 0.717) is 12.1 Å². The van der Waals surface area contributed by atoms with Gasteiger partial charge in [0, 0.05) is 19.6 Å². The van der Waals surface area contributed by atoms with E-state index in [1.807, 2.05) is 26.8 Å². The highest BCUT2D eigenvalue weighted by Crippen LogP contribution is 2.16. The van der Waals surface area contributed by atoms with Crippen LogP contribution in [-0.2, 0) is 20.0 Å². The zero-order valence-electron chi connectivity index (χ0n) is 14.3. The van der Waals surface area contributed by atoms with E-state index in [4.69, 9.17) is 0 Å². The van der Waals surface area contributed by atoms with E-state index in [1.54, 1.807) is 19.1 Å². The highest BCUT2D eigenvalue weighted by Gasteiger charge is 2.20. The van der Waals surface area contributed by atoms with Crippen molar-refractivity contribution in [1.29, 1.82) is 0 Å². The second-order valence-corrected chi connectivity index (χ2v) is 9.90. The van der Waals surface area contributed by atoms with Gasteiger partial charge in [-0.1, -0.05) is 26.0 Å². The lowest BCUT2D eigenvalue weighted by molar-refractivity contribution is 0.372. The average Bonchev–Trinajstić information content (AvgIpc) is 2.38. The maximum absolute atomic E-state index is 12.4. The Bertz CT molecular complexity index is 741. The van der Waals surface area contributed by atoms with E-state index in [9.17, 15) is 16.8 Å². The van der Waals surface area contributed by atoms with Crippen molar-refractivity contribution in [3.05, 3.63) is 29.3 Å². The molecule has 0 spiro atoms. The number of benzene rings is 1. The molecule has 1 aromatic carbocycles. The summed E-state index contributed by atoms with van der Waals surface area (Å²) in [5.74, 6) is 0.167. The Morgan fingerprint density at radius 2 is 1.74 bits per heavy atom. The highest BCUT2D eigenvalue weighted by molar-refractivity contribution is 7.89. The van der Waals surface area contributed by atoms with Crippen LogP contribution >= 0.6 is 0 Å². The first-order chi connectivity index (χ1) is 10.4. The second-order valence-electron chi connectivity index (χ2n) is 6.18. The molecule has 0 aliphatic heterocycles. The van der Waals surface area contributed by atoms with Crippen LogP contribution in [0.3, 0.4) is 0 Å². The van der Waals surface area contributed by atoms with Crippen LogP contribution in [-0.4, -0.2) is 47.0 Å². The van der Waals surface area contributed by atoms with Crippen molar-refractivity contribution in [1.82, 2.24) is 9.03 Å². The third-order valence-corrected chi connectivity index (χ3v) is 6.20. The molecule has 23 heavy (non-hydrogen) atoms. The van der Waals surface area contributed by atoms with Crippen molar-refractivity contribution in [2.24, 2.45) is 5.92 Å². The molecule has 1 N–H and O–H groups in total. The number of rotatable bonds is 8.